The first-order valence-corrected chi connectivity index (χ1v) is 8.97. The van der Waals surface area contributed by atoms with Crippen molar-refractivity contribution in [2.75, 3.05) is 11.9 Å². The zero-order valence-electron chi connectivity index (χ0n) is 15.1. The van der Waals surface area contributed by atoms with E-state index < -0.39 is 0 Å². The Kier molecular flexibility index (Phi) is 4.92. The molecule has 4 rings (SSSR count). The lowest BCUT2D eigenvalue weighted by atomic mass is 10.0. The van der Waals surface area contributed by atoms with E-state index in [2.05, 4.69) is 32.6 Å². The summed E-state index contributed by atoms with van der Waals surface area (Å²) < 4.78 is 5.71. The maximum absolute atomic E-state index is 5.71. The summed E-state index contributed by atoms with van der Waals surface area (Å²) in [5.74, 6) is 1.52. The van der Waals surface area contributed by atoms with Crippen molar-refractivity contribution < 1.29 is 4.74 Å². The summed E-state index contributed by atoms with van der Waals surface area (Å²) in [6, 6.07) is 20.0. The Hall–Kier alpha value is -3.47. The third-order valence-electron chi connectivity index (χ3n) is 4.32. The average Bonchev–Trinajstić information content (AvgIpc) is 2.72. The molecule has 5 heteroatoms. The quantitative estimate of drug-likeness (QED) is 0.540. The highest BCUT2D eigenvalue weighted by atomic mass is 16.5. The first-order chi connectivity index (χ1) is 13.3. The number of fused-ring (bicyclic) bond motifs is 1. The van der Waals surface area contributed by atoms with Gasteiger partial charge in [0.1, 0.15) is 5.75 Å². The fraction of sp³-hybridized carbons (Fsp3) is 0.136. The zero-order valence-corrected chi connectivity index (χ0v) is 15.1. The molecule has 0 radical (unpaired) electrons. The van der Waals surface area contributed by atoms with E-state index in [1.165, 1.54) is 0 Å². The molecule has 0 spiro atoms. The van der Waals surface area contributed by atoms with Crippen LogP contribution in [-0.4, -0.2) is 21.8 Å². The maximum Gasteiger partial charge on any atom is 0.161 e. The van der Waals surface area contributed by atoms with E-state index in [1.54, 1.807) is 12.4 Å². The molecule has 0 saturated carbocycles. The Balaban J connectivity index is 1.72. The van der Waals surface area contributed by atoms with Gasteiger partial charge >= 0.3 is 0 Å². The molecule has 1 N–H and O–H groups in total. The molecule has 2 aromatic carbocycles. The molecule has 2 aromatic heterocycles. The van der Waals surface area contributed by atoms with E-state index in [9.17, 15) is 0 Å². The lowest BCUT2D eigenvalue weighted by Crippen LogP contribution is -2.03. The van der Waals surface area contributed by atoms with Crippen LogP contribution in [-0.2, 0) is 6.42 Å². The molecule has 0 amide bonds. The minimum absolute atomic E-state index is 0.607. The molecular formula is C22H20N4O. The van der Waals surface area contributed by atoms with Crippen LogP contribution in [0.4, 0.5) is 11.5 Å². The van der Waals surface area contributed by atoms with Gasteiger partial charge in [0.05, 0.1) is 18.0 Å². The lowest BCUT2D eigenvalue weighted by Gasteiger charge is -2.14. The molecule has 134 valence electrons. The number of nitrogens with one attached hydrogen (secondary N) is 1. The number of pyridine rings is 1. The van der Waals surface area contributed by atoms with Crippen LogP contribution in [0.2, 0.25) is 0 Å². The molecule has 0 aliphatic carbocycles. The second kappa shape index (κ2) is 7.83. The third-order valence-corrected chi connectivity index (χ3v) is 4.32. The molecule has 5 nitrogen and oxygen atoms in total. The van der Waals surface area contributed by atoms with Gasteiger partial charge in [0.25, 0.3) is 0 Å². The van der Waals surface area contributed by atoms with Crippen LogP contribution in [0.15, 0.2) is 73.1 Å². The molecule has 0 aliphatic rings. The molecule has 4 aromatic rings. The Morgan fingerprint density at radius 3 is 2.41 bits per heavy atom. The molecule has 2 heterocycles. The van der Waals surface area contributed by atoms with Crippen molar-refractivity contribution in [3.05, 3.63) is 84.3 Å². The standard InChI is InChI=1S/C22H20N4O/c1-2-27-21-10-6-5-9-19(21)24-22-18-8-4-3-7-17(18)20(25-26-22)15-16-11-13-23-14-12-16/h3-14H,2,15H2,1H3,(H,24,26). The number of hydrogen-bond donors (Lipinski definition) is 1. The van der Waals surface area contributed by atoms with Crippen molar-refractivity contribution in [3.8, 4) is 5.75 Å². The van der Waals surface area contributed by atoms with Crippen molar-refractivity contribution in [3.63, 3.8) is 0 Å². The van der Waals surface area contributed by atoms with E-state index in [0.717, 1.165) is 39.3 Å². The van der Waals surface area contributed by atoms with Crippen LogP contribution in [0.25, 0.3) is 10.8 Å². The number of ether oxygens (including phenoxy) is 1. The van der Waals surface area contributed by atoms with Crippen molar-refractivity contribution >= 4 is 22.3 Å². The highest BCUT2D eigenvalue weighted by molar-refractivity contribution is 5.94. The highest BCUT2D eigenvalue weighted by Gasteiger charge is 2.11. The van der Waals surface area contributed by atoms with E-state index in [1.807, 2.05) is 55.5 Å². The first-order valence-electron chi connectivity index (χ1n) is 8.97. The Morgan fingerprint density at radius 1 is 0.852 bits per heavy atom. The van der Waals surface area contributed by atoms with Crippen LogP contribution in [0, 0.1) is 0 Å². The van der Waals surface area contributed by atoms with Crippen LogP contribution >= 0.6 is 0 Å². The van der Waals surface area contributed by atoms with Gasteiger partial charge in [-0.05, 0) is 36.8 Å². The molecule has 0 unspecified atom stereocenters. The Labute approximate surface area is 158 Å². The molecule has 0 saturated heterocycles. The molecular weight excluding hydrogens is 336 g/mol. The van der Waals surface area contributed by atoms with Gasteiger partial charge in [-0.1, -0.05) is 36.4 Å². The summed E-state index contributed by atoms with van der Waals surface area (Å²) in [6.45, 7) is 2.58. The van der Waals surface area contributed by atoms with Gasteiger partial charge in [-0.15, -0.1) is 5.10 Å². The van der Waals surface area contributed by atoms with E-state index in [0.29, 0.717) is 13.0 Å². The largest absolute Gasteiger partial charge is 0.492 e. The monoisotopic (exact) mass is 356 g/mol. The molecule has 0 fully saturated rings. The average molecular weight is 356 g/mol. The zero-order chi connectivity index (χ0) is 18.5. The number of benzene rings is 2. The fourth-order valence-electron chi connectivity index (χ4n) is 3.06. The summed E-state index contributed by atoms with van der Waals surface area (Å²) in [7, 11) is 0. The third kappa shape index (κ3) is 3.72. The van der Waals surface area contributed by atoms with Gasteiger partial charge in [0.15, 0.2) is 5.82 Å². The van der Waals surface area contributed by atoms with E-state index in [-0.39, 0.29) is 0 Å². The second-order valence-electron chi connectivity index (χ2n) is 6.13. The van der Waals surface area contributed by atoms with Crippen molar-refractivity contribution in [2.24, 2.45) is 0 Å². The van der Waals surface area contributed by atoms with E-state index >= 15 is 0 Å². The first kappa shape index (κ1) is 17.0. The SMILES string of the molecule is CCOc1ccccc1Nc1nnc(Cc2ccncc2)c2ccccc12. The highest BCUT2D eigenvalue weighted by Crippen LogP contribution is 2.31. The minimum atomic E-state index is 0.607. The predicted octanol–water partition coefficient (Wildman–Crippen LogP) is 4.76. The Bertz CT molecular complexity index is 1050. The lowest BCUT2D eigenvalue weighted by molar-refractivity contribution is 0.342. The summed E-state index contributed by atoms with van der Waals surface area (Å²) in [6.07, 6.45) is 4.31. The van der Waals surface area contributed by atoms with Gasteiger partial charge in [0.2, 0.25) is 0 Å². The molecule has 0 bridgehead atoms. The van der Waals surface area contributed by atoms with Crippen molar-refractivity contribution in [1.29, 1.82) is 0 Å². The smallest absolute Gasteiger partial charge is 0.161 e. The van der Waals surface area contributed by atoms with Crippen LogP contribution in [0.1, 0.15) is 18.2 Å². The van der Waals surface area contributed by atoms with E-state index in [4.69, 9.17) is 4.74 Å². The number of aromatic nitrogens is 3. The molecule has 0 aliphatic heterocycles. The maximum atomic E-state index is 5.71. The predicted molar refractivity (Wildman–Crippen MR) is 107 cm³/mol. The topological polar surface area (TPSA) is 59.9 Å². The van der Waals surface area contributed by atoms with Crippen LogP contribution in [0.3, 0.4) is 0 Å². The fourth-order valence-corrected chi connectivity index (χ4v) is 3.06. The van der Waals surface area contributed by atoms with Gasteiger partial charge < -0.3 is 10.1 Å². The Morgan fingerprint density at radius 2 is 1.59 bits per heavy atom. The number of rotatable bonds is 6. The molecule has 27 heavy (non-hydrogen) atoms. The normalized spacial score (nSPS) is 10.7. The number of hydrogen-bond acceptors (Lipinski definition) is 5. The summed E-state index contributed by atoms with van der Waals surface area (Å²) in [4.78, 5) is 4.08. The minimum Gasteiger partial charge on any atom is -0.492 e. The second-order valence-corrected chi connectivity index (χ2v) is 6.13. The van der Waals surface area contributed by atoms with Gasteiger partial charge in [0, 0.05) is 29.6 Å². The number of nitrogens with zero attached hydrogens (tertiary/aromatic N) is 3. The summed E-state index contributed by atoms with van der Waals surface area (Å²) >= 11 is 0. The molecule has 0 atom stereocenters. The number of para-hydroxylation sites is 2. The summed E-state index contributed by atoms with van der Waals surface area (Å²) in [5.41, 5.74) is 2.98. The van der Waals surface area contributed by atoms with Gasteiger partial charge in [-0.3, -0.25) is 4.98 Å². The van der Waals surface area contributed by atoms with Gasteiger partial charge in [-0.25, -0.2) is 0 Å². The van der Waals surface area contributed by atoms with Crippen LogP contribution in [0.5, 0.6) is 5.75 Å². The van der Waals surface area contributed by atoms with Crippen LogP contribution < -0.4 is 10.1 Å². The van der Waals surface area contributed by atoms with Crippen molar-refractivity contribution in [1.82, 2.24) is 15.2 Å². The number of anilines is 2. The van der Waals surface area contributed by atoms with Gasteiger partial charge in [-0.2, -0.15) is 5.10 Å². The summed E-state index contributed by atoms with van der Waals surface area (Å²) in [5, 5.41) is 14.5. The van der Waals surface area contributed by atoms with Crippen molar-refractivity contribution in [2.45, 2.75) is 13.3 Å².